The maximum absolute atomic E-state index is 12.1. The van der Waals surface area contributed by atoms with Gasteiger partial charge >= 0.3 is 11.9 Å². The van der Waals surface area contributed by atoms with Crippen LogP contribution in [0.1, 0.15) is 42.5 Å². The summed E-state index contributed by atoms with van der Waals surface area (Å²) in [7, 11) is 0. The third kappa shape index (κ3) is 2.75. The summed E-state index contributed by atoms with van der Waals surface area (Å²) in [6.45, 7) is 0. The van der Waals surface area contributed by atoms with Gasteiger partial charge in [0.2, 0.25) is 0 Å². The van der Waals surface area contributed by atoms with Crippen LogP contribution in [0.2, 0.25) is 0 Å². The van der Waals surface area contributed by atoms with Gasteiger partial charge in [0.15, 0.2) is 0 Å². The summed E-state index contributed by atoms with van der Waals surface area (Å²) in [5.41, 5.74) is 0.413. The molecule has 1 heterocycles. The summed E-state index contributed by atoms with van der Waals surface area (Å²) in [4.78, 5) is 23.9. The number of rotatable bonds is 2. The van der Waals surface area contributed by atoms with E-state index < -0.39 is 11.9 Å². The molecule has 20 heavy (non-hydrogen) atoms. The van der Waals surface area contributed by atoms with Crippen molar-refractivity contribution in [3.05, 3.63) is 35.9 Å². The van der Waals surface area contributed by atoms with Gasteiger partial charge in [-0.25, -0.2) is 9.59 Å². The average molecular weight is 273 g/mol. The van der Waals surface area contributed by atoms with Crippen molar-refractivity contribution in [2.24, 2.45) is 5.92 Å². The number of fused-ring (bicyclic) bond motifs is 1. The van der Waals surface area contributed by atoms with Gasteiger partial charge in [-0.2, -0.15) is 0 Å². The number of hydrogen-bond donors (Lipinski definition) is 1. The molecule has 1 aromatic rings. The van der Waals surface area contributed by atoms with Crippen molar-refractivity contribution < 1.29 is 14.3 Å². The van der Waals surface area contributed by atoms with E-state index >= 15 is 0 Å². The van der Waals surface area contributed by atoms with Crippen LogP contribution in [0.15, 0.2) is 30.3 Å². The van der Waals surface area contributed by atoms with E-state index in [1.165, 1.54) is 19.3 Å². The zero-order valence-electron chi connectivity index (χ0n) is 11.4. The van der Waals surface area contributed by atoms with Gasteiger partial charge in [-0.15, -0.1) is 0 Å². The molecular weight excluding hydrogens is 254 g/mol. The molecule has 3 atom stereocenters. The van der Waals surface area contributed by atoms with Crippen molar-refractivity contribution in [1.82, 2.24) is 5.32 Å². The van der Waals surface area contributed by atoms with Crippen LogP contribution in [0.4, 0.5) is 0 Å². The van der Waals surface area contributed by atoms with Gasteiger partial charge in [-0.05, 0) is 37.3 Å². The fourth-order valence-corrected chi connectivity index (χ4v) is 3.30. The maximum Gasteiger partial charge on any atom is 0.345 e. The van der Waals surface area contributed by atoms with E-state index in [4.69, 9.17) is 4.74 Å². The molecule has 0 radical (unpaired) electrons. The van der Waals surface area contributed by atoms with Crippen molar-refractivity contribution in [3.8, 4) is 0 Å². The molecule has 1 aliphatic carbocycles. The highest BCUT2D eigenvalue weighted by molar-refractivity contribution is 5.98. The topological polar surface area (TPSA) is 55.4 Å². The Bertz CT molecular complexity index is 486. The van der Waals surface area contributed by atoms with Crippen molar-refractivity contribution in [2.45, 2.75) is 44.2 Å². The van der Waals surface area contributed by atoms with Crippen LogP contribution in [0.3, 0.4) is 0 Å². The Kier molecular flexibility index (Phi) is 3.83. The molecule has 4 heteroatoms. The second-order valence-electron chi connectivity index (χ2n) is 5.68. The fourth-order valence-electron chi connectivity index (χ4n) is 3.30. The predicted molar refractivity (Wildman–Crippen MR) is 74.2 cm³/mol. The number of benzene rings is 1. The Morgan fingerprint density at radius 1 is 1.10 bits per heavy atom. The molecule has 1 saturated heterocycles. The van der Waals surface area contributed by atoms with Crippen LogP contribution >= 0.6 is 0 Å². The first-order valence-electron chi connectivity index (χ1n) is 7.31. The Hall–Kier alpha value is -1.68. The Balaban J connectivity index is 1.59. The first kappa shape index (κ1) is 13.3. The van der Waals surface area contributed by atoms with E-state index in [9.17, 15) is 9.59 Å². The molecule has 2 fully saturated rings. The maximum atomic E-state index is 12.1. The molecule has 0 aromatic heterocycles. The Labute approximate surface area is 118 Å². The second kappa shape index (κ2) is 5.75. The molecule has 0 spiro atoms. The molecule has 0 unspecified atom stereocenters. The lowest BCUT2D eigenvalue weighted by Gasteiger charge is -2.24. The van der Waals surface area contributed by atoms with Crippen molar-refractivity contribution in [3.63, 3.8) is 0 Å². The standard InChI is InChI=1S/C16H19NO3/c18-15(11-6-2-1-3-7-11)20-16(19)14-10-12-8-4-5-9-13(12)17-14/h1-3,6-7,12-14,17H,4-5,8-10H2/t12-,13-,14-/m1/s1. The molecule has 1 saturated carbocycles. The predicted octanol–water partition coefficient (Wildman–Crippen LogP) is 2.29. The molecule has 0 bridgehead atoms. The van der Waals surface area contributed by atoms with Crippen LogP contribution in [-0.2, 0) is 9.53 Å². The largest absolute Gasteiger partial charge is 0.388 e. The van der Waals surface area contributed by atoms with E-state index in [-0.39, 0.29) is 6.04 Å². The van der Waals surface area contributed by atoms with Crippen molar-refractivity contribution >= 4 is 11.9 Å². The Morgan fingerprint density at radius 2 is 1.85 bits per heavy atom. The first-order chi connectivity index (χ1) is 9.74. The van der Waals surface area contributed by atoms with Crippen molar-refractivity contribution in [2.75, 3.05) is 0 Å². The minimum absolute atomic E-state index is 0.323. The van der Waals surface area contributed by atoms with Crippen molar-refractivity contribution in [1.29, 1.82) is 0 Å². The highest BCUT2D eigenvalue weighted by atomic mass is 16.6. The number of carbonyl (C=O) groups excluding carboxylic acids is 2. The van der Waals surface area contributed by atoms with Crippen LogP contribution in [0, 0.1) is 5.92 Å². The lowest BCUT2D eigenvalue weighted by molar-refractivity contribution is -0.140. The molecule has 0 amide bonds. The minimum Gasteiger partial charge on any atom is -0.388 e. The van der Waals surface area contributed by atoms with E-state index in [1.54, 1.807) is 24.3 Å². The zero-order valence-corrected chi connectivity index (χ0v) is 11.4. The third-order valence-electron chi connectivity index (χ3n) is 4.35. The lowest BCUT2D eigenvalue weighted by atomic mass is 9.85. The van der Waals surface area contributed by atoms with E-state index in [2.05, 4.69) is 5.32 Å². The van der Waals surface area contributed by atoms with E-state index in [0.717, 1.165) is 12.8 Å². The summed E-state index contributed by atoms with van der Waals surface area (Å²) in [5, 5.41) is 3.32. The zero-order chi connectivity index (χ0) is 13.9. The highest BCUT2D eigenvalue weighted by Gasteiger charge is 2.39. The van der Waals surface area contributed by atoms with Gasteiger partial charge in [-0.1, -0.05) is 31.0 Å². The molecule has 106 valence electrons. The molecule has 3 rings (SSSR count). The quantitative estimate of drug-likeness (QED) is 0.663. The molecular formula is C16H19NO3. The number of esters is 2. The van der Waals surface area contributed by atoms with Crippen LogP contribution in [0.5, 0.6) is 0 Å². The summed E-state index contributed by atoms with van der Waals surface area (Å²) in [6, 6.07) is 8.73. The van der Waals surface area contributed by atoms with Gasteiger partial charge in [0.25, 0.3) is 0 Å². The molecule has 1 N–H and O–H groups in total. The first-order valence-corrected chi connectivity index (χ1v) is 7.31. The summed E-state index contributed by atoms with van der Waals surface area (Å²) < 4.78 is 4.99. The van der Waals surface area contributed by atoms with Gasteiger partial charge in [0.1, 0.15) is 6.04 Å². The van der Waals surface area contributed by atoms with Gasteiger partial charge in [0, 0.05) is 6.04 Å². The monoisotopic (exact) mass is 273 g/mol. The number of nitrogens with one attached hydrogen (secondary N) is 1. The fraction of sp³-hybridized carbons (Fsp3) is 0.500. The molecule has 1 aromatic carbocycles. The van der Waals surface area contributed by atoms with Gasteiger partial charge in [-0.3, -0.25) is 0 Å². The van der Waals surface area contributed by atoms with E-state index in [1.807, 2.05) is 6.07 Å². The number of hydrogen-bond acceptors (Lipinski definition) is 4. The summed E-state index contributed by atoms with van der Waals surface area (Å²) in [5.74, 6) is -0.436. The third-order valence-corrected chi connectivity index (χ3v) is 4.35. The average Bonchev–Trinajstić information content (AvgIpc) is 2.92. The summed E-state index contributed by atoms with van der Waals surface area (Å²) >= 11 is 0. The minimum atomic E-state index is -0.563. The lowest BCUT2D eigenvalue weighted by Crippen LogP contribution is -2.38. The van der Waals surface area contributed by atoms with Gasteiger partial charge < -0.3 is 10.1 Å². The van der Waals surface area contributed by atoms with E-state index in [0.29, 0.717) is 17.5 Å². The molecule has 1 aliphatic heterocycles. The highest BCUT2D eigenvalue weighted by Crippen LogP contribution is 2.33. The molecule has 4 nitrogen and oxygen atoms in total. The SMILES string of the molecule is O=C(OC(=O)[C@H]1C[C@H]2CCCC[C@H]2N1)c1ccccc1. The number of carbonyl (C=O) groups is 2. The Morgan fingerprint density at radius 3 is 2.60 bits per heavy atom. The molecule has 2 aliphatic rings. The normalized spacial score (nSPS) is 28.7. The summed E-state index contributed by atoms with van der Waals surface area (Å²) in [6.07, 6.45) is 5.56. The smallest absolute Gasteiger partial charge is 0.345 e. The van der Waals surface area contributed by atoms with Crippen LogP contribution < -0.4 is 5.32 Å². The second-order valence-corrected chi connectivity index (χ2v) is 5.68. The van der Waals surface area contributed by atoms with Crippen LogP contribution in [0.25, 0.3) is 0 Å². The van der Waals surface area contributed by atoms with Gasteiger partial charge in [0.05, 0.1) is 5.56 Å². The van der Waals surface area contributed by atoms with Crippen LogP contribution in [-0.4, -0.2) is 24.0 Å². The number of ether oxygens (including phenoxy) is 1.